The van der Waals surface area contributed by atoms with Gasteiger partial charge in [-0.05, 0) is 22.0 Å². The van der Waals surface area contributed by atoms with Crippen molar-refractivity contribution >= 4 is 34.8 Å². The third-order valence-electron chi connectivity index (χ3n) is 1.55. The van der Waals surface area contributed by atoms with Gasteiger partial charge in [0.1, 0.15) is 5.82 Å². The molecule has 0 saturated carbocycles. The van der Waals surface area contributed by atoms with Gasteiger partial charge in [-0.3, -0.25) is 4.79 Å². The average Bonchev–Trinajstić information content (AvgIpc) is 2.04. The van der Waals surface area contributed by atoms with E-state index >= 15 is 0 Å². The monoisotopic (exact) mass is 246 g/mol. The molecule has 0 unspecified atom stereocenters. The van der Waals surface area contributed by atoms with Gasteiger partial charge in [-0.2, -0.15) is 0 Å². The Morgan fingerprint density at radius 2 is 2.08 bits per heavy atom. The number of hydrogen-bond acceptors (Lipinski definition) is 3. The molecule has 1 aromatic carbocycles. The molecule has 0 bridgehead atoms. The molecule has 0 heterocycles. The van der Waals surface area contributed by atoms with Crippen LogP contribution in [-0.2, 0) is 0 Å². The summed E-state index contributed by atoms with van der Waals surface area (Å²) >= 11 is 2.96. The quantitative estimate of drug-likeness (QED) is 0.574. The Hall–Kier alpha value is -0.715. The van der Waals surface area contributed by atoms with Crippen LogP contribution >= 0.6 is 15.9 Å². The Kier molecular flexibility index (Phi) is 3.19. The molecule has 2 N–H and O–H groups in total. The van der Waals surface area contributed by atoms with Gasteiger partial charge in [-0.1, -0.05) is 6.07 Å². The lowest BCUT2D eigenvalue weighted by Crippen LogP contribution is -2.33. The minimum Gasteiger partial charge on any atom is -0.423 e. The van der Waals surface area contributed by atoms with Crippen LogP contribution in [0.2, 0.25) is 0 Å². The Morgan fingerprint density at radius 3 is 2.54 bits per heavy atom. The zero-order valence-electron chi connectivity index (χ0n) is 6.37. The lowest BCUT2D eigenvalue weighted by atomic mass is 9.79. The van der Waals surface area contributed by atoms with Gasteiger partial charge in [0.15, 0.2) is 6.29 Å². The number of halogens is 2. The Labute approximate surface area is 82.5 Å². The first kappa shape index (κ1) is 10.4. The van der Waals surface area contributed by atoms with Crippen molar-refractivity contribution in [1.82, 2.24) is 0 Å². The minimum atomic E-state index is -1.91. The molecule has 1 aromatic rings. The first-order chi connectivity index (χ1) is 6.07. The second-order valence-electron chi connectivity index (χ2n) is 2.36. The predicted octanol–water partition coefficient (Wildman–Crippen LogP) is 0.0805. The number of carbonyl (C=O) groups excluding carboxylic acids is 1. The molecule has 0 spiro atoms. The molecule has 6 heteroatoms. The van der Waals surface area contributed by atoms with Crippen molar-refractivity contribution in [3.05, 3.63) is 28.0 Å². The molecule has 13 heavy (non-hydrogen) atoms. The highest BCUT2D eigenvalue weighted by atomic mass is 79.9. The summed E-state index contributed by atoms with van der Waals surface area (Å²) in [5.41, 5.74) is -0.532. The molecule has 0 aliphatic heterocycles. The maximum Gasteiger partial charge on any atom is 0.491 e. The molecule has 0 fully saturated rings. The first-order valence-corrected chi connectivity index (χ1v) is 4.16. The maximum atomic E-state index is 13.2. The summed E-state index contributed by atoms with van der Waals surface area (Å²) < 4.78 is 13.5. The Morgan fingerprint density at radius 1 is 1.46 bits per heavy atom. The van der Waals surface area contributed by atoms with Gasteiger partial charge in [0.25, 0.3) is 0 Å². The highest BCUT2D eigenvalue weighted by Gasteiger charge is 2.20. The summed E-state index contributed by atoms with van der Waals surface area (Å²) in [7, 11) is -1.91. The summed E-state index contributed by atoms with van der Waals surface area (Å²) in [6.45, 7) is 0. The van der Waals surface area contributed by atoms with Crippen LogP contribution in [0.1, 0.15) is 10.4 Å². The van der Waals surface area contributed by atoms with E-state index in [0.717, 1.165) is 0 Å². The molecule has 0 amide bonds. The van der Waals surface area contributed by atoms with Crippen molar-refractivity contribution in [2.24, 2.45) is 0 Å². The summed E-state index contributed by atoms with van der Waals surface area (Å²) in [5.74, 6) is -0.917. The minimum absolute atomic E-state index is 0.217. The van der Waals surface area contributed by atoms with Crippen LogP contribution in [0, 0.1) is 5.82 Å². The van der Waals surface area contributed by atoms with Gasteiger partial charge in [-0.25, -0.2) is 4.39 Å². The van der Waals surface area contributed by atoms with E-state index in [9.17, 15) is 9.18 Å². The van der Waals surface area contributed by atoms with E-state index in [2.05, 4.69) is 15.9 Å². The number of aldehydes is 1. The van der Waals surface area contributed by atoms with Gasteiger partial charge in [-0.15, -0.1) is 0 Å². The molecule has 68 valence electrons. The lowest BCUT2D eigenvalue weighted by Gasteiger charge is -2.04. The van der Waals surface area contributed by atoms with Gasteiger partial charge < -0.3 is 10.0 Å². The zero-order valence-corrected chi connectivity index (χ0v) is 7.95. The van der Waals surface area contributed by atoms with Crippen molar-refractivity contribution in [3.63, 3.8) is 0 Å². The zero-order chi connectivity index (χ0) is 10.0. The number of hydrogen-bond donors (Lipinski definition) is 2. The Bertz CT molecular complexity index is 343. The van der Waals surface area contributed by atoms with E-state index in [1.165, 1.54) is 12.1 Å². The van der Waals surface area contributed by atoms with Gasteiger partial charge in [0.2, 0.25) is 0 Å². The number of benzene rings is 1. The number of carbonyl (C=O) groups is 1. The van der Waals surface area contributed by atoms with E-state index in [0.29, 0.717) is 6.29 Å². The summed E-state index contributed by atoms with van der Waals surface area (Å²) in [4.78, 5) is 10.4. The summed E-state index contributed by atoms with van der Waals surface area (Å²) in [6.07, 6.45) is 0.311. The second-order valence-corrected chi connectivity index (χ2v) is 3.21. The third-order valence-corrected chi connectivity index (χ3v) is 2.24. The SMILES string of the molecule is O=Cc1c(Br)ccc(B(O)O)c1F. The van der Waals surface area contributed by atoms with E-state index < -0.39 is 12.9 Å². The average molecular weight is 247 g/mol. The third kappa shape index (κ3) is 1.96. The number of rotatable bonds is 2. The van der Waals surface area contributed by atoms with Crippen LogP contribution in [0.15, 0.2) is 16.6 Å². The molecule has 3 nitrogen and oxygen atoms in total. The fraction of sp³-hybridized carbons (Fsp3) is 0. The van der Waals surface area contributed by atoms with E-state index in [4.69, 9.17) is 10.0 Å². The van der Waals surface area contributed by atoms with Crippen molar-refractivity contribution in [1.29, 1.82) is 0 Å². The molecule has 0 aliphatic carbocycles. The molecule has 0 aliphatic rings. The molecular weight excluding hydrogens is 242 g/mol. The molecule has 0 aromatic heterocycles. The fourth-order valence-corrected chi connectivity index (χ4v) is 1.29. The van der Waals surface area contributed by atoms with Crippen LogP contribution in [-0.4, -0.2) is 23.5 Å². The Balaban J connectivity index is 3.35. The van der Waals surface area contributed by atoms with Crippen molar-refractivity contribution < 1.29 is 19.2 Å². The molecule has 1 rings (SSSR count). The van der Waals surface area contributed by atoms with Crippen LogP contribution in [0.25, 0.3) is 0 Å². The molecular formula is C7H5BBrFO3. The van der Waals surface area contributed by atoms with E-state index in [1.807, 2.05) is 0 Å². The second kappa shape index (κ2) is 4.00. The largest absolute Gasteiger partial charge is 0.491 e. The summed E-state index contributed by atoms with van der Waals surface area (Å²) in [6, 6.07) is 2.57. The van der Waals surface area contributed by atoms with Gasteiger partial charge >= 0.3 is 7.12 Å². The van der Waals surface area contributed by atoms with Gasteiger partial charge in [0, 0.05) is 9.94 Å². The smallest absolute Gasteiger partial charge is 0.423 e. The first-order valence-electron chi connectivity index (χ1n) is 3.37. The lowest BCUT2D eigenvalue weighted by molar-refractivity contribution is 0.111. The standard InChI is InChI=1S/C7H5BBrFO3/c9-6-2-1-5(8(12)13)7(10)4(6)3-11/h1-3,12-13H. The fourth-order valence-electron chi connectivity index (χ4n) is 0.894. The highest BCUT2D eigenvalue weighted by Crippen LogP contribution is 2.16. The molecule has 0 radical (unpaired) electrons. The maximum absolute atomic E-state index is 13.2. The van der Waals surface area contributed by atoms with Crippen molar-refractivity contribution in [2.45, 2.75) is 0 Å². The van der Waals surface area contributed by atoms with Crippen LogP contribution < -0.4 is 5.46 Å². The van der Waals surface area contributed by atoms with Crippen LogP contribution in [0.5, 0.6) is 0 Å². The van der Waals surface area contributed by atoms with E-state index in [-0.39, 0.29) is 15.5 Å². The molecule has 0 atom stereocenters. The van der Waals surface area contributed by atoms with Crippen LogP contribution in [0.4, 0.5) is 4.39 Å². The van der Waals surface area contributed by atoms with Crippen molar-refractivity contribution in [2.75, 3.05) is 0 Å². The van der Waals surface area contributed by atoms with E-state index in [1.54, 1.807) is 0 Å². The topological polar surface area (TPSA) is 57.5 Å². The predicted molar refractivity (Wildman–Crippen MR) is 49.3 cm³/mol. The van der Waals surface area contributed by atoms with Crippen LogP contribution in [0.3, 0.4) is 0 Å². The van der Waals surface area contributed by atoms with Gasteiger partial charge in [0.05, 0.1) is 5.56 Å². The normalized spacial score (nSPS) is 9.85. The summed E-state index contributed by atoms with van der Waals surface area (Å²) in [5, 5.41) is 17.4. The molecule has 0 saturated heterocycles. The van der Waals surface area contributed by atoms with Crippen molar-refractivity contribution in [3.8, 4) is 0 Å². The highest BCUT2D eigenvalue weighted by molar-refractivity contribution is 9.10.